The number of carbonyl (C=O) groups is 1. The van der Waals surface area contributed by atoms with Gasteiger partial charge >= 0.3 is 0 Å². The molecule has 0 saturated carbocycles. The predicted octanol–water partition coefficient (Wildman–Crippen LogP) is 2.70. The molecule has 0 bridgehead atoms. The van der Waals surface area contributed by atoms with Crippen LogP contribution in [0.5, 0.6) is 0 Å². The van der Waals surface area contributed by atoms with Crippen molar-refractivity contribution in [3.8, 4) is 0 Å². The minimum Gasteiger partial charge on any atom is -0.270 e. The van der Waals surface area contributed by atoms with Gasteiger partial charge in [0.05, 0.1) is 21.6 Å². The Labute approximate surface area is 125 Å². The van der Waals surface area contributed by atoms with Gasteiger partial charge in [0.1, 0.15) is 0 Å². The molecule has 1 aromatic carbocycles. The maximum atomic E-state index is 12.2. The second kappa shape index (κ2) is 5.03. The molecular formula is C12H11Cl2N3O3. The van der Waals surface area contributed by atoms with Gasteiger partial charge in [0.2, 0.25) is 0 Å². The standard InChI is InChI=1S/C12H11Cl2N3O3/c1-7-12(14,11(18)16(2)15-7)10(13)8-5-3-4-6-9(8)17(19)20/h3-6,10H,1-2H3. The summed E-state index contributed by atoms with van der Waals surface area (Å²) in [5, 5.41) is 15.0. The zero-order valence-electron chi connectivity index (χ0n) is 10.7. The van der Waals surface area contributed by atoms with E-state index in [-0.39, 0.29) is 11.3 Å². The highest BCUT2D eigenvalue weighted by atomic mass is 35.5. The number of nitrogens with zero attached hydrogens (tertiary/aromatic N) is 3. The van der Waals surface area contributed by atoms with Crippen LogP contribution in [0.4, 0.5) is 5.69 Å². The van der Waals surface area contributed by atoms with E-state index >= 15 is 0 Å². The van der Waals surface area contributed by atoms with Gasteiger partial charge in [-0.3, -0.25) is 14.9 Å². The Hall–Kier alpha value is -1.66. The topological polar surface area (TPSA) is 75.8 Å². The molecule has 0 N–H and O–H groups in total. The number of hydrazone groups is 1. The molecule has 0 fully saturated rings. The van der Waals surface area contributed by atoms with Crippen LogP contribution in [0, 0.1) is 10.1 Å². The molecule has 8 heteroatoms. The van der Waals surface area contributed by atoms with E-state index in [2.05, 4.69) is 5.10 Å². The molecule has 20 heavy (non-hydrogen) atoms. The maximum Gasteiger partial charge on any atom is 0.274 e. The van der Waals surface area contributed by atoms with Crippen LogP contribution in [0.1, 0.15) is 17.9 Å². The van der Waals surface area contributed by atoms with Crippen LogP contribution in [0.3, 0.4) is 0 Å². The fraction of sp³-hybridized carbons (Fsp3) is 0.333. The monoisotopic (exact) mass is 315 g/mol. The average Bonchev–Trinajstić information content (AvgIpc) is 2.62. The lowest BCUT2D eigenvalue weighted by molar-refractivity contribution is -0.385. The second-order valence-corrected chi connectivity index (χ2v) is 5.44. The Morgan fingerprint density at radius 2 is 2.05 bits per heavy atom. The molecular weight excluding hydrogens is 305 g/mol. The molecule has 0 radical (unpaired) electrons. The predicted molar refractivity (Wildman–Crippen MR) is 76.2 cm³/mol. The van der Waals surface area contributed by atoms with Crippen molar-refractivity contribution >= 4 is 40.5 Å². The minimum absolute atomic E-state index is 0.178. The van der Waals surface area contributed by atoms with Gasteiger partial charge in [0.15, 0.2) is 4.87 Å². The molecule has 2 atom stereocenters. The summed E-state index contributed by atoms with van der Waals surface area (Å²) in [6.07, 6.45) is 0. The number of halogens is 2. The summed E-state index contributed by atoms with van der Waals surface area (Å²) >= 11 is 12.6. The van der Waals surface area contributed by atoms with Crippen molar-refractivity contribution in [3.05, 3.63) is 39.9 Å². The number of carbonyl (C=O) groups excluding carboxylic acids is 1. The summed E-state index contributed by atoms with van der Waals surface area (Å²) in [5.74, 6) is -0.505. The van der Waals surface area contributed by atoms with E-state index in [1.165, 1.54) is 25.2 Å². The van der Waals surface area contributed by atoms with E-state index in [1.807, 2.05) is 0 Å². The van der Waals surface area contributed by atoms with E-state index in [0.29, 0.717) is 5.71 Å². The summed E-state index contributed by atoms with van der Waals surface area (Å²) in [7, 11) is 1.46. The Balaban J connectivity index is 2.52. The van der Waals surface area contributed by atoms with Gasteiger partial charge < -0.3 is 0 Å². The molecule has 0 aromatic heterocycles. The zero-order chi connectivity index (χ0) is 15.1. The Morgan fingerprint density at radius 3 is 2.55 bits per heavy atom. The number of alkyl halides is 2. The summed E-state index contributed by atoms with van der Waals surface area (Å²) in [6, 6.07) is 5.93. The zero-order valence-corrected chi connectivity index (χ0v) is 12.2. The molecule has 2 rings (SSSR count). The molecule has 1 amide bonds. The lowest BCUT2D eigenvalue weighted by atomic mass is 9.92. The van der Waals surface area contributed by atoms with Crippen LogP contribution in [0.15, 0.2) is 29.4 Å². The van der Waals surface area contributed by atoms with E-state index in [4.69, 9.17) is 23.2 Å². The van der Waals surface area contributed by atoms with Crippen molar-refractivity contribution in [1.29, 1.82) is 0 Å². The van der Waals surface area contributed by atoms with Crippen molar-refractivity contribution in [2.24, 2.45) is 5.10 Å². The number of nitro benzene ring substituents is 1. The van der Waals surface area contributed by atoms with Crippen LogP contribution < -0.4 is 0 Å². The minimum atomic E-state index is -1.61. The molecule has 106 valence electrons. The summed E-state index contributed by atoms with van der Waals surface area (Å²) in [6.45, 7) is 1.57. The smallest absolute Gasteiger partial charge is 0.270 e. The number of para-hydroxylation sites is 1. The van der Waals surface area contributed by atoms with E-state index < -0.39 is 21.1 Å². The van der Waals surface area contributed by atoms with Gasteiger partial charge in [-0.2, -0.15) is 5.10 Å². The number of rotatable bonds is 3. The van der Waals surface area contributed by atoms with Gasteiger partial charge in [-0.25, -0.2) is 5.01 Å². The molecule has 1 aliphatic heterocycles. The van der Waals surface area contributed by atoms with E-state index in [9.17, 15) is 14.9 Å². The van der Waals surface area contributed by atoms with Crippen molar-refractivity contribution < 1.29 is 9.72 Å². The van der Waals surface area contributed by atoms with Crippen molar-refractivity contribution in [2.45, 2.75) is 17.2 Å². The largest absolute Gasteiger partial charge is 0.274 e. The van der Waals surface area contributed by atoms with Crippen molar-refractivity contribution in [3.63, 3.8) is 0 Å². The first-order valence-electron chi connectivity index (χ1n) is 5.70. The number of hydrogen-bond donors (Lipinski definition) is 0. The Bertz CT molecular complexity index is 620. The van der Waals surface area contributed by atoms with Crippen LogP contribution in [0.25, 0.3) is 0 Å². The molecule has 2 unspecified atom stereocenters. The Morgan fingerprint density at radius 1 is 1.45 bits per heavy atom. The summed E-state index contributed by atoms with van der Waals surface area (Å²) in [5.41, 5.74) is 0.319. The normalized spacial score (nSPS) is 23.7. The highest BCUT2D eigenvalue weighted by molar-refractivity contribution is 6.52. The van der Waals surface area contributed by atoms with Gasteiger partial charge in [0.25, 0.3) is 11.6 Å². The third kappa shape index (κ3) is 2.05. The lowest BCUT2D eigenvalue weighted by Gasteiger charge is -2.25. The Kier molecular flexibility index (Phi) is 3.71. The quantitative estimate of drug-likeness (QED) is 0.489. The fourth-order valence-corrected chi connectivity index (χ4v) is 2.82. The molecule has 0 saturated heterocycles. The highest BCUT2D eigenvalue weighted by Gasteiger charge is 2.53. The number of amides is 1. The van der Waals surface area contributed by atoms with Crippen molar-refractivity contribution in [1.82, 2.24) is 5.01 Å². The van der Waals surface area contributed by atoms with E-state index in [0.717, 1.165) is 5.01 Å². The molecule has 0 aliphatic carbocycles. The van der Waals surface area contributed by atoms with Gasteiger partial charge in [-0.1, -0.05) is 29.8 Å². The van der Waals surface area contributed by atoms with Crippen LogP contribution in [0.2, 0.25) is 0 Å². The average molecular weight is 316 g/mol. The first-order valence-corrected chi connectivity index (χ1v) is 6.51. The first-order chi connectivity index (χ1) is 9.30. The summed E-state index contributed by atoms with van der Waals surface area (Å²) < 4.78 is 0. The van der Waals surface area contributed by atoms with Gasteiger partial charge in [-0.05, 0) is 6.92 Å². The van der Waals surface area contributed by atoms with Crippen LogP contribution in [-0.4, -0.2) is 33.5 Å². The van der Waals surface area contributed by atoms with Gasteiger partial charge in [0, 0.05) is 13.1 Å². The van der Waals surface area contributed by atoms with Crippen LogP contribution in [-0.2, 0) is 4.79 Å². The highest BCUT2D eigenvalue weighted by Crippen LogP contribution is 2.45. The number of hydrogen-bond acceptors (Lipinski definition) is 4. The third-order valence-corrected chi connectivity index (χ3v) is 4.51. The van der Waals surface area contributed by atoms with Gasteiger partial charge in [-0.15, -0.1) is 11.6 Å². The van der Waals surface area contributed by atoms with Crippen molar-refractivity contribution in [2.75, 3.05) is 7.05 Å². The lowest BCUT2D eigenvalue weighted by Crippen LogP contribution is -2.43. The molecule has 1 aliphatic rings. The molecule has 0 spiro atoms. The number of benzene rings is 1. The molecule has 1 heterocycles. The first kappa shape index (κ1) is 14.7. The third-order valence-electron chi connectivity index (χ3n) is 3.19. The molecule has 6 nitrogen and oxygen atoms in total. The van der Waals surface area contributed by atoms with E-state index in [1.54, 1.807) is 13.0 Å². The SMILES string of the molecule is CC1=NN(C)C(=O)C1(Cl)C(Cl)c1ccccc1[N+](=O)[O-]. The molecule has 1 aromatic rings. The maximum absolute atomic E-state index is 12.2. The number of nitro groups is 1. The fourth-order valence-electron chi connectivity index (χ4n) is 2.11. The summed E-state index contributed by atoms with van der Waals surface area (Å²) in [4.78, 5) is 21.0. The van der Waals surface area contributed by atoms with Crippen LogP contribution >= 0.6 is 23.2 Å². The second-order valence-electron chi connectivity index (χ2n) is 4.40.